The van der Waals surface area contributed by atoms with E-state index in [0.29, 0.717) is 24.9 Å². The average molecular weight is 493 g/mol. The highest BCUT2D eigenvalue weighted by molar-refractivity contribution is 5.94. The van der Waals surface area contributed by atoms with E-state index in [1.165, 1.54) is 28.8 Å². The van der Waals surface area contributed by atoms with Gasteiger partial charge in [-0.05, 0) is 48.4 Å². The summed E-state index contributed by atoms with van der Waals surface area (Å²) in [5.74, 6) is -1.56. The van der Waals surface area contributed by atoms with E-state index in [9.17, 15) is 23.9 Å². The minimum absolute atomic E-state index is 0.0515. The quantitative estimate of drug-likeness (QED) is 0.486. The highest BCUT2D eigenvalue weighted by Gasteiger charge is 2.49. The van der Waals surface area contributed by atoms with Crippen molar-refractivity contribution < 1.29 is 23.8 Å². The van der Waals surface area contributed by atoms with Crippen molar-refractivity contribution in [1.29, 1.82) is 0 Å². The number of amides is 2. The van der Waals surface area contributed by atoms with Crippen LogP contribution >= 0.6 is 0 Å². The topological polar surface area (TPSA) is 123 Å². The average Bonchev–Trinajstić information content (AvgIpc) is 3.22. The zero-order valence-corrected chi connectivity index (χ0v) is 19.4. The van der Waals surface area contributed by atoms with Gasteiger partial charge in [0.2, 0.25) is 5.75 Å². The van der Waals surface area contributed by atoms with E-state index in [4.69, 9.17) is 4.74 Å². The number of aromatic hydroxyl groups is 1. The third kappa shape index (κ3) is 4.53. The van der Waals surface area contributed by atoms with E-state index in [-0.39, 0.29) is 24.9 Å². The van der Waals surface area contributed by atoms with Crippen LogP contribution in [0.15, 0.2) is 59.4 Å². The molecule has 2 atom stereocenters. The summed E-state index contributed by atoms with van der Waals surface area (Å²) >= 11 is 0. The first-order valence-electron chi connectivity index (χ1n) is 11.7. The van der Waals surface area contributed by atoms with Gasteiger partial charge in [0.15, 0.2) is 5.69 Å². The molecule has 2 unspecified atom stereocenters. The Morgan fingerprint density at radius 1 is 1.14 bits per heavy atom. The van der Waals surface area contributed by atoms with Crippen LogP contribution in [-0.2, 0) is 30.0 Å². The summed E-state index contributed by atoms with van der Waals surface area (Å²) < 4.78 is 19.9. The number of fused-ring (bicyclic) bond motifs is 4. The minimum atomic E-state index is -0.991. The van der Waals surface area contributed by atoms with Gasteiger partial charge >= 0.3 is 6.09 Å². The summed E-state index contributed by atoms with van der Waals surface area (Å²) in [5, 5.41) is 16.0. The molecule has 0 radical (unpaired) electrons. The number of carbonyl (C=O) groups excluding carboxylic acids is 2. The van der Waals surface area contributed by atoms with E-state index in [1.54, 1.807) is 0 Å². The second-order valence-corrected chi connectivity index (χ2v) is 9.24. The molecule has 2 amide bonds. The molecule has 3 N–H and O–H groups in total. The highest BCUT2D eigenvalue weighted by atomic mass is 19.1. The van der Waals surface area contributed by atoms with Crippen molar-refractivity contribution in [2.75, 3.05) is 0 Å². The number of ether oxygens (including phenoxy) is 1. The summed E-state index contributed by atoms with van der Waals surface area (Å²) in [5.41, 5.74) is -0.676. The lowest BCUT2D eigenvalue weighted by molar-refractivity contribution is 0.0940. The van der Waals surface area contributed by atoms with Crippen molar-refractivity contribution in [3.8, 4) is 5.75 Å². The van der Waals surface area contributed by atoms with Gasteiger partial charge in [0.05, 0.1) is 0 Å². The number of aromatic nitrogens is 2. The van der Waals surface area contributed by atoms with Gasteiger partial charge in [-0.3, -0.25) is 14.2 Å². The van der Waals surface area contributed by atoms with Gasteiger partial charge in [0, 0.05) is 13.1 Å². The Morgan fingerprint density at radius 3 is 2.64 bits per heavy atom. The van der Waals surface area contributed by atoms with Gasteiger partial charge < -0.3 is 20.5 Å². The molecule has 2 aliphatic rings. The molecule has 3 aromatic rings. The molecule has 36 heavy (non-hydrogen) atoms. The molecular formula is C26H25FN4O5. The molecule has 186 valence electrons. The number of nitrogens with one attached hydrogen (secondary N) is 2. The second kappa shape index (κ2) is 9.44. The third-order valence-electron chi connectivity index (χ3n) is 6.77. The Bertz CT molecular complexity index is 1360. The van der Waals surface area contributed by atoms with Gasteiger partial charge in [0.1, 0.15) is 23.8 Å². The predicted molar refractivity (Wildman–Crippen MR) is 127 cm³/mol. The lowest BCUT2D eigenvalue weighted by Crippen LogP contribution is -2.51. The molecule has 2 bridgehead atoms. The molecule has 1 aromatic heterocycles. The summed E-state index contributed by atoms with van der Waals surface area (Å²) in [7, 11) is 0. The fraction of sp³-hybridized carbons (Fsp3) is 0.308. The molecule has 2 heterocycles. The van der Waals surface area contributed by atoms with Crippen molar-refractivity contribution in [2.45, 2.75) is 44.5 Å². The van der Waals surface area contributed by atoms with Crippen LogP contribution < -0.4 is 16.2 Å². The van der Waals surface area contributed by atoms with Crippen LogP contribution in [0.1, 0.15) is 46.7 Å². The molecule has 2 aromatic carbocycles. The van der Waals surface area contributed by atoms with E-state index in [1.807, 2.05) is 30.3 Å². The van der Waals surface area contributed by atoms with Crippen LogP contribution in [0.25, 0.3) is 0 Å². The van der Waals surface area contributed by atoms with Gasteiger partial charge in [-0.1, -0.05) is 42.5 Å². The monoisotopic (exact) mass is 492 g/mol. The van der Waals surface area contributed by atoms with Crippen molar-refractivity contribution in [2.24, 2.45) is 5.92 Å². The molecule has 1 saturated carbocycles. The number of hydrogen-bond donors (Lipinski definition) is 3. The van der Waals surface area contributed by atoms with Gasteiger partial charge in [-0.2, -0.15) is 0 Å². The van der Waals surface area contributed by atoms with Crippen molar-refractivity contribution >= 4 is 12.0 Å². The van der Waals surface area contributed by atoms with E-state index in [2.05, 4.69) is 15.6 Å². The van der Waals surface area contributed by atoms with Crippen molar-refractivity contribution in [1.82, 2.24) is 20.2 Å². The van der Waals surface area contributed by atoms with Crippen molar-refractivity contribution in [3.05, 3.63) is 93.4 Å². The van der Waals surface area contributed by atoms with Crippen molar-refractivity contribution in [3.63, 3.8) is 0 Å². The Hall–Kier alpha value is -4.21. The molecule has 5 rings (SSSR count). The maximum Gasteiger partial charge on any atom is 0.408 e. The largest absolute Gasteiger partial charge is 0.501 e. The maximum atomic E-state index is 13.1. The van der Waals surface area contributed by atoms with Gasteiger partial charge in [0.25, 0.3) is 11.5 Å². The first kappa shape index (κ1) is 23.5. The zero-order valence-electron chi connectivity index (χ0n) is 19.4. The normalized spacial score (nSPS) is 19.9. The van der Waals surface area contributed by atoms with E-state index >= 15 is 0 Å². The van der Waals surface area contributed by atoms with E-state index in [0.717, 1.165) is 12.0 Å². The number of benzene rings is 2. The number of hydrogen-bond acceptors (Lipinski definition) is 6. The zero-order chi connectivity index (χ0) is 25.3. The Labute approximate surface area is 205 Å². The summed E-state index contributed by atoms with van der Waals surface area (Å²) in [4.78, 5) is 43.0. The fourth-order valence-corrected chi connectivity index (χ4v) is 4.99. The van der Waals surface area contributed by atoms with Gasteiger partial charge in [-0.15, -0.1) is 0 Å². The lowest BCUT2D eigenvalue weighted by atomic mass is 9.91. The molecular weight excluding hydrogens is 467 g/mol. The first-order valence-corrected chi connectivity index (χ1v) is 11.7. The highest BCUT2D eigenvalue weighted by Crippen LogP contribution is 2.45. The number of carbonyl (C=O) groups is 2. The first-order chi connectivity index (χ1) is 17.3. The van der Waals surface area contributed by atoms with Gasteiger partial charge in [-0.25, -0.2) is 14.2 Å². The summed E-state index contributed by atoms with van der Waals surface area (Å²) in [6.07, 6.45) is 1.15. The number of alkyl carbamates (subject to hydrolysis) is 1. The molecule has 1 aliphatic carbocycles. The van der Waals surface area contributed by atoms with Crippen LogP contribution in [0.4, 0.5) is 9.18 Å². The molecule has 9 nitrogen and oxygen atoms in total. The van der Waals surface area contributed by atoms with E-state index < -0.39 is 40.4 Å². The standard InChI is InChI=1S/C26H25FN4O5/c27-19-8-6-16(7-9-19)13-28-22(33)20-21(32)23(34)31-14-18-10-11-26(12-18,24(31)29-20)30-25(35)36-15-17-4-2-1-3-5-17/h1-9,18,32H,10-15H2,(H,28,33)(H,30,35). The van der Waals surface area contributed by atoms with Crippen LogP contribution in [0.2, 0.25) is 0 Å². The summed E-state index contributed by atoms with van der Waals surface area (Å²) in [6.45, 7) is 0.476. The Balaban J connectivity index is 1.39. The summed E-state index contributed by atoms with van der Waals surface area (Å²) in [6, 6.07) is 14.8. The maximum absolute atomic E-state index is 13.1. The molecule has 1 fully saturated rings. The number of nitrogens with zero attached hydrogens (tertiary/aromatic N) is 2. The SMILES string of the molecule is O=C(NC12CCC(Cn3c1nc(C(=O)NCc1ccc(F)cc1)c(O)c3=O)C2)OCc1ccccc1. The molecule has 1 aliphatic heterocycles. The predicted octanol–water partition coefficient (Wildman–Crippen LogP) is 2.95. The minimum Gasteiger partial charge on any atom is -0.501 e. The smallest absolute Gasteiger partial charge is 0.408 e. The van der Waals surface area contributed by atoms with Crippen LogP contribution in [0.5, 0.6) is 5.75 Å². The molecule has 0 saturated heterocycles. The fourth-order valence-electron chi connectivity index (χ4n) is 4.99. The van der Waals surface area contributed by atoms with Crippen LogP contribution in [-0.4, -0.2) is 26.7 Å². The number of halogens is 1. The van der Waals surface area contributed by atoms with Crippen LogP contribution in [0, 0.1) is 11.7 Å². The van der Waals surface area contributed by atoms with Crippen LogP contribution in [0.3, 0.4) is 0 Å². The Kier molecular flexibility index (Phi) is 6.17. The number of rotatable bonds is 6. The lowest BCUT2D eigenvalue weighted by Gasteiger charge is -2.35. The second-order valence-electron chi connectivity index (χ2n) is 9.24. The Morgan fingerprint density at radius 2 is 1.89 bits per heavy atom. The third-order valence-corrected chi connectivity index (χ3v) is 6.77. The molecule has 10 heteroatoms. The molecule has 0 spiro atoms.